The third kappa shape index (κ3) is 1.90. The van der Waals surface area contributed by atoms with E-state index >= 15 is 0 Å². The molecule has 5 heteroatoms. The van der Waals surface area contributed by atoms with Crippen molar-refractivity contribution in [3.63, 3.8) is 0 Å². The van der Waals surface area contributed by atoms with E-state index < -0.39 is 17.6 Å². The van der Waals surface area contributed by atoms with Gasteiger partial charge in [-0.2, -0.15) is 13.2 Å². The van der Waals surface area contributed by atoms with E-state index in [1.54, 1.807) is 0 Å². The molecule has 2 fully saturated rings. The Bertz CT molecular complexity index is 482. The number of fused-ring (bicyclic) bond motifs is 1. The maximum absolute atomic E-state index is 13.7. The molecule has 1 aliphatic heterocycles. The summed E-state index contributed by atoms with van der Waals surface area (Å²) in [6.07, 6.45) is -2.89. The number of halogens is 4. The van der Waals surface area contributed by atoms with Gasteiger partial charge in [-0.25, -0.2) is 4.39 Å². The minimum Gasteiger partial charge on any atom is -0.316 e. The Morgan fingerprint density at radius 3 is 2.61 bits per heavy atom. The first-order chi connectivity index (χ1) is 8.41. The third-order valence-electron chi connectivity index (χ3n) is 4.15. The van der Waals surface area contributed by atoms with Gasteiger partial charge < -0.3 is 5.32 Å². The van der Waals surface area contributed by atoms with Gasteiger partial charge >= 0.3 is 6.18 Å². The molecule has 1 aromatic carbocycles. The van der Waals surface area contributed by atoms with Crippen LogP contribution in [-0.2, 0) is 12.6 Å². The number of hydrogen-bond donors (Lipinski definition) is 1. The van der Waals surface area contributed by atoms with Crippen molar-refractivity contribution in [3.8, 4) is 0 Å². The fraction of sp³-hybridized carbons (Fsp3) is 0.538. The van der Waals surface area contributed by atoms with Gasteiger partial charge in [0.05, 0.1) is 5.56 Å². The second kappa shape index (κ2) is 3.70. The molecule has 0 aromatic heterocycles. The van der Waals surface area contributed by atoms with Gasteiger partial charge in [0.2, 0.25) is 0 Å². The van der Waals surface area contributed by atoms with Crippen LogP contribution in [0.3, 0.4) is 0 Å². The smallest absolute Gasteiger partial charge is 0.316 e. The zero-order chi connectivity index (χ0) is 13.0. The second-order valence-corrected chi connectivity index (χ2v) is 5.38. The van der Waals surface area contributed by atoms with E-state index in [9.17, 15) is 17.6 Å². The Morgan fingerprint density at radius 1 is 1.33 bits per heavy atom. The van der Waals surface area contributed by atoms with Crippen LogP contribution in [0.5, 0.6) is 0 Å². The Balaban J connectivity index is 1.82. The van der Waals surface area contributed by atoms with Crippen molar-refractivity contribution < 1.29 is 17.6 Å². The van der Waals surface area contributed by atoms with Crippen molar-refractivity contribution in [1.29, 1.82) is 0 Å². The summed E-state index contributed by atoms with van der Waals surface area (Å²) in [5.74, 6) is -0.170. The van der Waals surface area contributed by atoms with Gasteiger partial charge in [-0.1, -0.05) is 6.07 Å². The lowest BCUT2D eigenvalue weighted by atomic mass is 9.94. The van der Waals surface area contributed by atoms with E-state index in [2.05, 4.69) is 5.32 Å². The van der Waals surface area contributed by atoms with Gasteiger partial charge in [-0.05, 0) is 48.4 Å². The lowest BCUT2D eigenvalue weighted by Crippen LogP contribution is -2.18. The molecule has 2 unspecified atom stereocenters. The molecule has 0 radical (unpaired) electrons. The first kappa shape index (κ1) is 12.0. The minimum atomic E-state index is -4.48. The summed E-state index contributed by atoms with van der Waals surface area (Å²) in [6, 6.07) is 2.85. The minimum absolute atomic E-state index is 0.0978. The molecule has 1 N–H and O–H groups in total. The fourth-order valence-corrected chi connectivity index (χ4v) is 2.96. The Labute approximate surface area is 102 Å². The van der Waals surface area contributed by atoms with Gasteiger partial charge in [0.1, 0.15) is 5.82 Å². The summed E-state index contributed by atoms with van der Waals surface area (Å²) >= 11 is 0. The van der Waals surface area contributed by atoms with E-state index in [-0.39, 0.29) is 5.41 Å². The maximum Gasteiger partial charge on any atom is 0.416 e. The highest BCUT2D eigenvalue weighted by Gasteiger charge is 2.56. The average molecular weight is 259 g/mol. The molecule has 18 heavy (non-hydrogen) atoms. The van der Waals surface area contributed by atoms with Gasteiger partial charge in [-0.15, -0.1) is 0 Å². The molecule has 1 saturated carbocycles. The molecule has 1 aromatic rings. The molecular formula is C13H13F4N. The molecule has 1 heterocycles. The quantitative estimate of drug-likeness (QED) is 0.805. The number of alkyl halides is 3. The highest BCUT2D eigenvalue weighted by atomic mass is 19.4. The summed E-state index contributed by atoms with van der Waals surface area (Å²) in [5, 5.41) is 3.24. The van der Waals surface area contributed by atoms with Crippen LogP contribution in [0.2, 0.25) is 0 Å². The van der Waals surface area contributed by atoms with Crippen LogP contribution in [0, 0.1) is 17.2 Å². The monoisotopic (exact) mass is 259 g/mol. The summed E-state index contributed by atoms with van der Waals surface area (Å²) in [4.78, 5) is 0. The van der Waals surface area contributed by atoms with Gasteiger partial charge in [0.25, 0.3) is 0 Å². The zero-order valence-electron chi connectivity index (χ0n) is 9.65. The lowest BCUT2D eigenvalue weighted by molar-refractivity contribution is -0.137. The lowest BCUT2D eigenvalue weighted by Gasteiger charge is -2.14. The van der Waals surface area contributed by atoms with Gasteiger partial charge in [0.15, 0.2) is 0 Å². The molecule has 2 aliphatic rings. The Morgan fingerprint density at radius 2 is 2.11 bits per heavy atom. The van der Waals surface area contributed by atoms with Gasteiger partial charge in [0, 0.05) is 6.54 Å². The van der Waals surface area contributed by atoms with Crippen LogP contribution in [-0.4, -0.2) is 13.1 Å². The highest BCUT2D eigenvalue weighted by molar-refractivity contribution is 5.29. The molecule has 98 valence electrons. The maximum atomic E-state index is 13.7. The van der Waals surface area contributed by atoms with Crippen molar-refractivity contribution in [2.75, 3.05) is 13.1 Å². The van der Waals surface area contributed by atoms with E-state index in [4.69, 9.17) is 0 Å². The molecule has 3 rings (SSSR count). The number of benzene rings is 1. The summed E-state index contributed by atoms with van der Waals surface area (Å²) in [6.45, 7) is 1.79. The number of piperidine rings is 1. The summed E-state index contributed by atoms with van der Waals surface area (Å²) in [7, 11) is 0. The third-order valence-corrected chi connectivity index (χ3v) is 4.15. The molecule has 1 nitrogen and oxygen atoms in total. The first-order valence-corrected chi connectivity index (χ1v) is 5.97. The van der Waals surface area contributed by atoms with Crippen LogP contribution in [0.15, 0.2) is 18.2 Å². The number of hydrogen-bond acceptors (Lipinski definition) is 1. The van der Waals surface area contributed by atoms with Crippen LogP contribution in [0.1, 0.15) is 17.5 Å². The predicted octanol–water partition coefficient (Wildman–Crippen LogP) is 3.00. The number of rotatable bonds is 2. The van der Waals surface area contributed by atoms with E-state index in [0.717, 1.165) is 25.6 Å². The van der Waals surface area contributed by atoms with E-state index in [1.807, 2.05) is 0 Å². The fourth-order valence-electron chi connectivity index (χ4n) is 2.96. The predicted molar refractivity (Wildman–Crippen MR) is 58.5 cm³/mol. The van der Waals surface area contributed by atoms with Gasteiger partial charge in [-0.3, -0.25) is 0 Å². The molecule has 0 bridgehead atoms. The van der Waals surface area contributed by atoms with E-state index in [0.29, 0.717) is 24.0 Å². The Hall–Kier alpha value is -1.10. The van der Waals surface area contributed by atoms with E-state index in [1.165, 1.54) is 6.07 Å². The van der Waals surface area contributed by atoms with Crippen molar-refractivity contribution in [2.45, 2.75) is 19.0 Å². The molecule has 1 aliphatic carbocycles. The second-order valence-electron chi connectivity index (χ2n) is 5.38. The summed E-state index contributed by atoms with van der Waals surface area (Å²) < 4.78 is 50.9. The highest BCUT2D eigenvalue weighted by Crippen LogP contribution is 2.57. The van der Waals surface area contributed by atoms with Crippen LogP contribution < -0.4 is 5.32 Å². The molecule has 1 saturated heterocycles. The molecule has 2 atom stereocenters. The standard InChI is InChI=1S/C13H13F4N/c14-11-3-9(13(15,16)17)2-1-8(11)4-12-5-10(12)6-18-7-12/h1-3,10,18H,4-7H2. The van der Waals surface area contributed by atoms with Crippen LogP contribution >= 0.6 is 0 Å². The Kier molecular flexibility index (Phi) is 2.46. The topological polar surface area (TPSA) is 12.0 Å². The van der Waals surface area contributed by atoms with Crippen molar-refractivity contribution in [1.82, 2.24) is 5.32 Å². The largest absolute Gasteiger partial charge is 0.416 e. The first-order valence-electron chi connectivity index (χ1n) is 5.97. The van der Waals surface area contributed by atoms with Crippen LogP contribution in [0.4, 0.5) is 17.6 Å². The van der Waals surface area contributed by atoms with Crippen molar-refractivity contribution in [2.24, 2.45) is 11.3 Å². The molecule has 0 spiro atoms. The zero-order valence-corrected chi connectivity index (χ0v) is 9.65. The summed E-state index contributed by atoms with van der Waals surface area (Å²) in [5.41, 5.74) is -0.423. The molecule has 0 amide bonds. The normalized spacial score (nSPS) is 30.3. The van der Waals surface area contributed by atoms with Crippen molar-refractivity contribution >= 4 is 0 Å². The SMILES string of the molecule is Fc1cc(C(F)(F)F)ccc1CC12CNCC1C2. The number of nitrogens with one attached hydrogen (secondary N) is 1. The average Bonchev–Trinajstić information content (AvgIpc) is 2.81. The van der Waals surface area contributed by atoms with Crippen molar-refractivity contribution in [3.05, 3.63) is 35.1 Å². The van der Waals surface area contributed by atoms with Crippen LogP contribution in [0.25, 0.3) is 0 Å². The molecular weight excluding hydrogens is 246 g/mol.